The van der Waals surface area contributed by atoms with Crippen LogP contribution in [-0.2, 0) is 7.05 Å². The molecule has 138 valence electrons. The van der Waals surface area contributed by atoms with Gasteiger partial charge in [0.25, 0.3) is 5.91 Å². The molecule has 2 atom stereocenters. The highest BCUT2D eigenvalue weighted by Gasteiger charge is 2.42. The lowest BCUT2D eigenvalue weighted by Crippen LogP contribution is -2.33. The minimum atomic E-state index is -0.0351. The maximum atomic E-state index is 12.6. The summed E-state index contributed by atoms with van der Waals surface area (Å²) in [5.74, 6) is 2.49. The summed E-state index contributed by atoms with van der Waals surface area (Å²) < 4.78 is 3.28. The normalized spacial score (nSPS) is 21.7. The van der Waals surface area contributed by atoms with Gasteiger partial charge in [-0.25, -0.2) is 14.6 Å². The highest BCUT2D eigenvalue weighted by Crippen LogP contribution is 2.34. The summed E-state index contributed by atoms with van der Waals surface area (Å²) in [6.45, 7) is 3.25. The maximum absolute atomic E-state index is 12.6. The summed E-state index contributed by atoms with van der Waals surface area (Å²) in [6, 6.07) is 3.82. The molecule has 2 aliphatic rings. The van der Waals surface area contributed by atoms with Crippen LogP contribution in [0.25, 0.3) is 5.82 Å². The van der Waals surface area contributed by atoms with Crippen LogP contribution < -0.4 is 4.90 Å². The summed E-state index contributed by atoms with van der Waals surface area (Å²) in [5, 5.41) is 12.0. The molecule has 0 aromatic carbocycles. The molecule has 2 aliphatic heterocycles. The number of rotatable bonds is 3. The van der Waals surface area contributed by atoms with Crippen LogP contribution in [0.1, 0.15) is 10.5 Å². The third-order valence-electron chi connectivity index (χ3n) is 5.30. The maximum Gasteiger partial charge on any atom is 0.276 e. The molecule has 10 nitrogen and oxygen atoms in total. The number of likely N-dealkylation sites (tertiary alicyclic amines) is 1. The van der Waals surface area contributed by atoms with Gasteiger partial charge in [0.15, 0.2) is 11.5 Å². The molecule has 3 aromatic rings. The predicted octanol–water partition coefficient (Wildman–Crippen LogP) is -0.000800. The van der Waals surface area contributed by atoms with Crippen molar-refractivity contribution in [3.63, 3.8) is 0 Å². The molecule has 5 rings (SSSR count). The Morgan fingerprint density at radius 3 is 2.56 bits per heavy atom. The van der Waals surface area contributed by atoms with Gasteiger partial charge in [-0.2, -0.15) is 5.10 Å². The molecule has 2 saturated heterocycles. The van der Waals surface area contributed by atoms with Crippen LogP contribution in [0, 0.1) is 11.8 Å². The first-order chi connectivity index (χ1) is 13.2. The van der Waals surface area contributed by atoms with Crippen molar-refractivity contribution in [1.82, 2.24) is 39.6 Å². The van der Waals surface area contributed by atoms with Gasteiger partial charge in [-0.3, -0.25) is 9.48 Å². The smallest absolute Gasteiger partial charge is 0.276 e. The molecule has 0 saturated carbocycles. The second-order valence-electron chi connectivity index (χ2n) is 7.10. The average Bonchev–Trinajstić information content (AvgIpc) is 3.44. The molecule has 0 radical (unpaired) electrons. The predicted molar refractivity (Wildman–Crippen MR) is 95.3 cm³/mol. The Balaban J connectivity index is 1.28. The van der Waals surface area contributed by atoms with Gasteiger partial charge in [-0.05, 0) is 6.07 Å². The van der Waals surface area contributed by atoms with E-state index in [1.807, 2.05) is 23.2 Å². The van der Waals surface area contributed by atoms with Crippen molar-refractivity contribution >= 4 is 11.7 Å². The van der Waals surface area contributed by atoms with Gasteiger partial charge in [-0.1, -0.05) is 5.21 Å². The fourth-order valence-corrected chi connectivity index (χ4v) is 3.99. The number of carbonyl (C=O) groups is 1. The number of aromatic nitrogens is 7. The number of aryl methyl sites for hydroxylation is 1. The Morgan fingerprint density at radius 2 is 1.89 bits per heavy atom. The summed E-state index contributed by atoms with van der Waals surface area (Å²) in [5.41, 5.74) is 0.411. The standard InChI is InChI=1S/C17H19N9O/c1-23-10-14(21-22-23)17(27)25-8-12-6-24(7-13(12)9-25)15-5-16(19-11-18-15)26-4-2-3-20-26/h2-5,10-13H,6-9H2,1H3. The molecule has 3 aromatic heterocycles. The Labute approximate surface area is 155 Å². The third kappa shape index (κ3) is 2.82. The first-order valence-electron chi connectivity index (χ1n) is 8.90. The van der Waals surface area contributed by atoms with E-state index >= 15 is 0 Å². The summed E-state index contributed by atoms with van der Waals surface area (Å²) in [4.78, 5) is 25.5. The highest BCUT2D eigenvalue weighted by molar-refractivity contribution is 5.92. The van der Waals surface area contributed by atoms with Crippen molar-refractivity contribution in [3.05, 3.63) is 42.7 Å². The van der Waals surface area contributed by atoms with E-state index in [0.29, 0.717) is 17.5 Å². The second-order valence-corrected chi connectivity index (χ2v) is 7.10. The van der Waals surface area contributed by atoms with Crippen molar-refractivity contribution in [3.8, 4) is 5.82 Å². The molecule has 2 unspecified atom stereocenters. The molecular weight excluding hydrogens is 346 g/mol. The number of nitrogens with zero attached hydrogens (tertiary/aromatic N) is 9. The van der Waals surface area contributed by atoms with Gasteiger partial charge in [0.05, 0.1) is 6.20 Å². The van der Waals surface area contributed by atoms with Crippen LogP contribution in [-0.4, -0.2) is 71.7 Å². The average molecular weight is 365 g/mol. The lowest BCUT2D eigenvalue weighted by Gasteiger charge is -2.22. The lowest BCUT2D eigenvalue weighted by molar-refractivity contribution is 0.0776. The molecule has 2 fully saturated rings. The molecule has 27 heavy (non-hydrogen) atoms. The molecular formula is C17H19N9O. The van der Waals surface area contributed by atoms with E-state index in [9.17, 15) is 4.79 Å². The van der Waals surface area contributed by atoms with Crippen LogP contribution >= 0.6 is 0 Å². The van der Waals surface area contributed by atoms with E-state index in [-0.39, 0.29) is 5.91 Å². The van der Waals surface area contributed by atoms with E-state index in [4.69, 9.17) is 0 Å². The number of hydrogen-bond acceptors (Lipinski definition) is 7. The summed E-state index contributed by atoms with van der Waals surface area (Å²) in [6.07, 6.45) is 6.83. The second kappa shape index (κ2) is 6.15. The Bertz CT molecular complexity index is 952. The van der Waals surface area contributed by atoms with Crippen molar-refractivity contribution < 1.29 is 4.79 Å². The fraction of sp³-hybridized carbons (Fsp3) is 0.412. The minimum absolute atomic E-state index is 0.0351. The topological polar surface area (TPSA) is 97.9 Å². The van der Waals surface area contributed by atoms with Crippen LogP contribution in [0.2, 0.25) is 0 Å². The summed E-state index contributed by atoms with van der Waals surface area (Å²) >= 11 is 0. The number of anilines is 1. The Morgan fingerprint density at radius 1 is 1.11 bits per heavy atom. The van der Waals surface area contributed by atoms with E-state index in [2.05, 4.69) is 30.3 Å². The molecule has 0 aliphatic carbocycles. The molecule has 0 spiro atoms. The quantitative estimate of drug-likeness (QED) is 0.644. The Hall–Kier alpha value is -3.30. The van der Waals surface area contributed by atoms with E-state index in [1.54, 1.807) is 35.1 Å². The van der Waals surface area contributed by atoms with Crippen LogP contribution in [0.15, 0.2) is 37.1 Å². The fourth-order valence-electron chi connectivity index (χ4n) is 3.99. The van der Waals surface area contributed by atoms with Crippen LogP contribution in [0.5, 0.6) is 0 Å². The Kier molecular flexibility index (Phi) is 3.62. The SMILES string of the molecule is Cn1cc(C(=O)N2CC3CN(c4cc(-n5cccn5)ncn4)CC3C2)nn1. The lowest BCUT2D eigenvalue weighted by atomic mass is 10.0. The minimum Gasteiger partial charge on any atom is -0.356 e. The number of amides is 1. The third-order valence-corrected chi connectivity index (χ3v) is 5.30. The zero-order valence-corrected chi connectivity index (χ0v) is 14.9. The van der Waals surface area contributed by atoms with E-state index in [0.717, 1.165) is 37.8 Å². The number of carbonyl (C=O) groups excluding carboxylic acids is 1. The van der Waals surface area contributed by atoms with Gasteiger partial charge in [0, 0.05) is 63.5 Å². The van der Waals surface area contributed by atoms with Gasteiger partial charge < -0.3 is 9.80 Å². The summed E-state index contributed by atoms with van der Waals surface area (Å²) in [7, 11) is 1.76. The number of fused-ring (bicyclic) bond motifs is 1. The van der Waals surface area contributed by atoms with Gasteiger partial charge in [0.1, 0.15) is 12.1 Å². The largest absolute Gasteiger partial charge is 0.356 e. The molecule has 0 N–H and O–H groups in total. The van der Waals surface area contributed by atoms with Crippen molar-refractivity contribution in [2.75, 3.05) is 31.1 Å². The van der Waals surface area contributed by atoms with Crippen molar-refractivity contribution in [2.45, 2.75) is 0 Å². The first kappa shape index (κ1) is 15.9. The molecule has 5 heterocycles. The molecule has 0 bridgehead atoms. The zero-order valence-electron chi connectivity index (χ0n) is 14.9. The number of hydrogen-bond donors (Lipinski definition) is 0. The van der Waals surface area contributed by atoms with Gasteiger partial charge >= 0.3 is 0 Å². The molecule has 1 amide bonds. The van der Waals surface area contributed by atoms with E-state index < -0.39 is 0 Å². The van der Waals surface area contributed by atoms with E-state index in [1.165, 1.54) is 0 Å². The highest BCUT2D eigenvalue weighted by atomic mass is 16.2. The van der Waals surface area contributed by atoms with Crippen molar-refractivity contribution in [2.24, 2.45) is 18.9 Å². The zero-order chi connectivity index (χ0) is 18.4. The van der Waals surface area contributed by atoms with Crippen molar-refractivity contribution in [1.29, 1.82) is 0 Å². The van der Waals surface area contributed by atoms with Gasteiger partial charge in [-0.15, -0.1) is 5.10 Å². The van der Waals surface area contributed by atoms with Crippen LogP contribution in [0.3, 0.4) is 0 Å². The first-order valence-corrected chi connectivity index (χ1v) is 8.90. The monoisotopic (exact) mass is 365 g/mol. The van der Waals surface area contributed by atoms with Gasteiger partial charge in [0.2, 0.25) is 0 Å². The van der Waals surface area contributed by atoms with Crippen LogP contribution in [0.4, 0.5) is 5.82 Å². The molecule has 10 heteroatoms.